The van der Waals surface area contributed by atoms with E-state index in [1.807, 2.05) is 4.72 Å². The fraction of sp³-hybridized carbons (Fsp3) is 0.364. The summed E-state index contributed by atoms with van der Waals surface area (Å²) >= 11 is 0. The molecule has 0 bridgehead atoms. The van der Waals surface area contributed by atoms with E-state index in [4.69, 9.17) is 0 Å². The van der Waals surface area contributed by atoms with Crippen molar-refractivity contribution in [3.8, 4) is 5.75 Å². The second kappa shape index (κ2) is 5.41. The predicted octanol–water partition coefficient (Wildman–Crippen LogP) is -0.158. The number of nitrogens with zero attached hydrogens (tertiary/aromatic N) is 1. The molecule has 1 fully saturated rings. The zero-order chi connectivity index (χ0) is 14.9. The van der Waals surface area contributed by atoms with Crippen molar-refractivity contribution in [3.05, 3.63) is 23.8 Å². The van der Waals surface area contributed by atoms with E-state index < -0.39 is 26.9 Å². The minimum Gasteiger partial charge on any atom is -0.506 e. The molecule has 0 aliphatic carbocycles. The molecular formula is C11H14N2O5S2. The standard InChI is InChI=1S/C11H14N2O5S2/c1-2-19(16)7-8-3-4-9(10(14)5-8)13-6-11(15)12-20(13,17)18/h3-5,14H,2,6-7H2,1H3,(H,12,15). The van der Waals surface area contributed by atoms with Crippen LogP contribution in [0.3, 0.4) is 0 Å². The highest BCUT2D eigenvalue weighted by Gasteiger charge is 2.35. The lowest BCUT2D eigenvalue weighted by Crippen LogP contribution is -2.29. The number of anilines is 1. The van der Waals surface area contributed by atoms with Gasteiger partial charge in [-0.25, -0.2) is 9.03 Å². The third-order valence-corrected chi connectivity index (χ3v) is 5.47. The molecule has 0 radical (unpaired) electrons. The van der Waals surface area contributed by atoms with E-state index in [9.17, 15) is 22.5 Å². The van der Waals surface area contributed by atoms with Crippen LogP contribution in [0.25, 0.3) is 0 Å². The van der Waals surface area contributed by atoms with Crippen LogP contribution < -0.4 is 9.03 Å². The number of hydrogen-bond donors (Lipinski definition) is 2. The van der Waals surface area contributed by atoms with Crippen molar-refractivity contribution in [1.29, 1.82) is 0 Å². The molecule has 1 aliphatic rings. The smallest absolute Gasteiger partial charge is 0.326 e. The Bertz CT molecular complexity index is 671. The molecule has 0 saturated carbocycles. The Kier molecular flexibility index (Phi) is 4.00. The molecule has 1 amide bonds. The number of phenols is 1. The van der Waals surface area contributed by atoms with E-state index in [1.54, 1.807) is 13.0 Å². The number of rotatable bonds is 4. The molecule has 0 aromatic heterocycles. The Balaban J connectivity index is 2.31. The number of benzene rings is 1. The van der Waals surface area contributed by atoms with Crippen molar-refractivity contribution in [2.24, 2.45) is 0 Å². The molecular weight excluding hydrogens is 304 g/mol. The van der Waals surface area contributed by atoms with E-state index in [2.05, 4.69) is 0 Å². The van der Waals surface area contributed by atoms with Crippen molar-refractivity contribution in [1.82, 2.24) is 4.72 Å². The zero-order valence-electron chi connectivity index (χ0n) is 10.7. The molecule has 1 aromatic rings. The van der Waals surface area contributed by atoms with Crippen molar-refractivity contribution < 1.29 is 22.5 Å². The van der Waals surface area contributed by atoms with Crippen LogP contribution in [-0.4, -0.2) is 35.9 Å². The Hall–Kier alpha value is -1.61. The van der Waals surface area contributed by atoms with Crippen LogP contribution in [0.5, 0.6) is 5.75 Å². The number of nitrogens with one attached hydrogen (secondary N) is 1. The maximum atomic E-state index is 11.7. The van der Waals surface area contributed by atoms with Crippen LogP contribution in [0, 0.1) is 0 Å². The van der Waals surface area contributed by atoms with Gasteiger partial charge in [-0.1, -0.05) is 13.0 Å². The lowest BCUT2D eigenvalue weighted by molar-refractivity contribution is -0.117. The summed E-state index contributed by atoms with van der Waals surface area (Å²) in [5.74, 6) is -0.133. The number of carbonyl (C=O) groups excluding carboxylic acids is 1. The molecule has 0 spiro atoms. The molecule has 110 valence electrons. The first-order valence-electron chi connectivity index (χ1n) is 5.83. The normalized spacial score (nSPS) is 18.9. The minimum absolute atomic E-state index is 0.0226. The van der Waals surface area contributed by atoms with Crippen LogP contribution in [0.1, 0.15) is 12.5 Å². The van der Waals surface area contributed by atoms with Gasteiger partial charge in [0.2, 0.25) is 0 Å². The van der Waals surface area contributed by atoms with Gasteiger partial charge in [0.1, 0.15) is 12.3 Å². The number of amides is 1. The first-order chi connectivity index (χ1) is 9.33. The Morgan fingerprint density at radius 3 is 2.65 bits per heavy atom. The molecule has 7 nitrogen and oxygen atoms in total. The minimum atomic E-state index is -3.94. The molecule has 1 heterocycles. The molecule has 20 heavy (non-hydrogen) atoms. The second-order valence-electron chi connectivity index (χ2n) is 4.23. The van der Waals surface area contributed by atoms with Gasteiger partial charge in [0.05, 0.1) is 5.69 Å². The van der Waals surface area contributed by atoms with Crippen LogP contribution in [-0.2, 0) is 31.6 Å². The third-order valence-electron chi connectivity index (χ3n) is 2.78. The lowest BCUT2D eigenvalue weighted by atomic mass is 10.2. The van der Waals surface area contributed by atoms with Crippen molar-refractivity contribution in [3.63, 3.8) is 0 Å². The van der Waals surface area contributed by atoms with Gasteiger partial charge in [-0.05, 0) is 17.7 Å². The molecule has 9 heteroatoms. The van der Waals surface area contributed by atoms with Crippen LogP contribution in [0.2, 0.25) is 0 Å². The molecule has 1 unspecified atom stereocenters. The SMILES string of the molecule is CCS(=O)Cc1ccc(N2CC(=O)NS2(=O)=O)c(O)c1. The highest BCUT2D eigenvalue weighted by atomic mass is 32.2. The Morgan fingerprint density at radius 2 is 2.15 bits per heavy atom. The summed E-state index contributed by atoms with van der Waals surface area (Å²) in [6.07, 6.45) is 0. The number of aromatic hydroxyl groups is 1. The van der Waals surface area contributed by atoms with E-state index in [0.29, 0.717) is 11.3 Å². The molecule has 2 N–H and O–H groups in total. The molecule has 1 atom stereocenters. The third kappa shape index (κ3) is 2.93. The highest BCUT2D eigenvalue weighted by Crippen LogP contribution is 2.31. The fourth-order valence-corrected chi connectivity index (χ4v) is 3.74. The van der Waals surface area contributed by atoms with Crippen LogP contribution in [0.15, 0.2) is 18.2 Å². The molecule has 1 aromatic carbocycles. The largest absolute Gasteiger partial charge is 0.506 e. The summed E-state index contributed by atoms with van der Waals surface area (Å²) in [5.41, 5.74) is 0.664. The predicted molar refractivity (Wildman–Crippen MR) is 74.9 cm³/mol. The molecule has 1 aliphatic heterocycles. The fourth-order valence-electron chi connectivity index (χ4n) is 1.82. The van der Waals surface area contributed by atoms with Gasteiger partial charge in [0.25, 0.3) is 5.91 Å². The maximum absolute atomic E-state index is 11.7. The lowest BCUT2D eigenvalue weighted by Gasteiger charge is -2.16. The Morgan fingerprint density at radius 1 is 1.45 bits per heavy atom. The van der Waals surface area contributed by atoms with Gasteiger partial charge in [0.15, 0.2) is 0 Å². The van der Waals surface area contributed by atoms with Gasteiger partial charge < -0.3 is 5.11 Å². The second-order valence-corrected chi connectivity index (χ2v) is 7.57. The van der Waals surface area contributed by atoms with Gasteiger partial charge in [0, 0.05) is 22.3 Å². The topological polar surface area (TPSA) is 104 Å². The monoisotopic (exact) mass is 318 g/mol. The molecule has 1 saturated heterocycles. The van der Waals surface area contributed by atoms with Crippen molar-refractivity contribution >= 4 is 32.6 Å². The van der Waals surface area contributed by atoms with Gasteiger partial charge in [-0.15, -0.1) is 0 Å². The van der Waals surface area contributed by atoms with Crippen LogP contribution in [0.4, 0.5) is 5.69 Å². The van der Waals surface area contributed by atoms with Crippen molar-refractivity contribution in [2.45, 2.75) is 12.7 Å². The van der Waals surface area contributed by atoms with E-state index >= 15 is 0 Å². The average molecular weight is 318 g/mol. The summed E-state index contributed by atoms with van der Waals surface area (Å²) in [5, 5.41) is 9.91. The first kappa shape index (κ1) is 14.8. The van der Waals surface area contributed by atoms with Crippen molar-refractivity contribution in [2.75, 3.05) is 16.6 Å². The summed E-state index contributed by atoms with van der Waals surface area (Å²) in [7, 11) is -4.96. The van der Waals surface area contributed by atoms with E-state index in [1.165, 1.54) is 12.1 Å². The average Bonchev–Trinajstić information content (AvgIpc) is 2.62. The Labute approximate surface area is 119 Å². The highest BCUT2D eigenvalue weighted by molar-refractivity contribution is 7.92. The summed E-state index contributed by atoms with van der Waals surface area (Å²) in [4.78, 5) is 11.2. The summed E-state index contributed by atoms with van der Waals surface area (Å²) in [6.45, 7) is 1.43. The first-order valence-corrected chi connectivity index (χ1v) is 8.76. The maximum Gasteiger partial charge on any atom is 0.326 e. The number of carbonyl (C=O) groups is 1. The quantitative estimate of drug-likeness (QED) is 0.803. The van der Waals surface area contributed by atoms with Gasteiger partial charge in [-0.3, -0.25) is 9.00 Å². The van der Waals surface area contributed by atoms with E-state index in [-0.39, 0.29) is 23.7 Å². The van der Waals surface area contributed by atoms with Gasteiger partial charge in [-0.2, -0.15) is 8.42 Å². The molecule has 2 rings (SSSR count). The number of phenolic OH excluding ortho intramolecular Hbond substituents is 1. The zero-order valence-corrected chi connectivity index (χ0v) is 12.3. The summed E-state index contributed by atoms with van der Waals surface area (Å²) < 4.78 is 37.4. The van der Waals surface area contributed by atoms with Gasteiger partial charge >= 0.3 is 10.2 Å². The number of hydrogen-bond acceptors (Lipinski definition) is 5. The summed E-state index contributed by atoms with van der Waals surface area (Å²) in [6, 6.07) is 4.34. The van der Waals surface area contributed by atoms with E-state index in [0.717, 1.165) is 4.31 Å². The van der Waals surface area contributed by atoms with Crippen LogP contribution >= 0.6 is 0 Å².